The summed E-state index contributed by atoms with van der Waals surface area (Å²) in [6.45, 7) is 11.2. The predicted octanol–water partition coefficient (Wildman–Crippen LogP) is 7.68. The SMILES string of the molecule is CC(C)(C)c1ccc(Br)cc1NC(=O)N1C(=O)C=C[C@]2(C)[C@H]3CC[C@]4(C)CCC[C@H]4[C@@H]3CC[C@@H]12. The van der Waals surface area contributed by atoms with Gasteiger partial charge in [0, 0.05) is 21.7 Å². The molecule has 0 saturated heterocycles. The second-order valence-corrected chi connectivity index (χ2v) is 13.7. The van der Waals surface area contributed by atoms with Crippen molar-refractivity contribution in [3.05, 3.63) is 40.4 Å². The Morgan fingerprint density at radius 3 is 2.59 bits per heavy atom. The lowest BCUT2D eigenvalue weighted by Crippen LogP contribution is -2.62. The molecule has 0 radical (unpaired) electrons. The van der Waals surface area contributed by atoms with Gasteiger partial charge in [-0.2, -0.15) is 0 Å². The Kier molecular flexibility index (Phi) is 5.82. The molecular weight excluding hydrogens is 488 g/mol. The number of rotatable bonds is 1. The largest absolute Gasteiger partial charge is 0.329 e. The maximum Gasteiger partial charge on any atom is 0.329 e. The molecule has 0 bridgehead atoms. The summed E-state index contributed by atoms with van der Waals surface area (Å²) in [5.41, 5.74) is 2.05. The molecule has 1 aromatic carbocycles. The first-order valence-corrected chi connectivity index (χ1v) is 13.9. The number of halogens is 1. The number of nitrogens with zero attached hydrogens (tertiary/aromatic N) is 1. The zero-order valence-electron chi connectivity index (χ0n) is 21.3. The minimum Gasteiger partial charge on any atom is -0.307 e. The van der Waals surface area contributed by atoms with Gasteiger partial charge in [0.25, 0.3) is 5.91 Å². The van der Waals surface area contributed by atoms with E-state index in [1.807, 2.05) is 18.2 Å². The van der Waals surface area contributed by atoms with Crippen LogP contribution in [0.2, 0.25) is 0 Å². The van der Waals surface area contributed by atoms with Crippen LogP contribution in [0.3, 0.4) is 0 Å². The number of benzene rings is 1. The van der Waals surface area contributed by atoms with Crippen LogP contribution in [-0.2, 0) is 10.2 Å². The van der Waals surface area contributed by atoms with E-state index in [-0.39, 0.29) is 28.8 Å². The summed E-state index contributed by atoms with van der Waals surface area (Å²) in [4.78, 5) is 28.4. The molecule has 1 aliphatic heterocycles. The van der Waals surface area contributed by atoms with E-state index < -0.39 is 0 Å². The van der Waals surface area contributed by atoms with Gasteiger partial charge < -0.3 is 5.32 Å². The van der Waals surface area contributed by atoms with Gasteiger partial charge in [-0.25, -0.2) is 4.79 Å². The lowest BCUT2D eigenvalue weighted by atomic mass is 9.48. The number of hydrogen-bond acceptors (Lipinski definition) is 2. The van der Waals surface area contributed by atoms with E-state index in [9.17, 15) is 9.59 Å². The molecule has 3 aliphatic carbocycles. The Morgan fingerprint density at radius 2 is 1.85 bits per heavy atom. The van der Waals surface area contributed by atoms with E-state index in [1.165, 1.54) is 32.1 Å². The van der Waals surface area contributed by atoms with Crippen LogP contribution >= 0.6 is 15.9 Å². The number of amides is 3. The average molecular weight is 528 g/mol. The number of hydrogen-bond donors (Lipinski definition) is 1. The van der Waals surface area contributed by atoms with Crippen molar-refractivity contribution in [1.29, 1.82) is 0 Å². The third kappa shape index (κ3) is 3.77. The fourth-order valence-electron chi connectivity index (χ4n) is 8.18. The van der Waals surface area contributed by atoms with Crippen molar-refractivity contribution < 1.29 is 9.59 Å². The van der Waals surface area contributed by atoms with Gasteiger partial charge in [0.2, 0.25) is 0 Å². The second-order valence-electron chi connectivity index (χ2n) is 12.8. The third-order valence-corrected chi connectivity index (χ3v) is 10.4. The molecule has 1 aromatic rings. The fourth-order valence-corrected chi connectivity index (χ4v) is 8.54. The average Bonchev–Trinajstić information content (AvgIpc) is 3.15. The van der Waals surface area contributed by atoms with E-state index in [4.69, 9.17) is 0 Å². The number of anilines is 1. The molecule has 0 unspecified atom stereocenters. The molecule has 6 atom stereocenters. The maximum atomic E-state index is 13.7. The molecule has 5 heteroatoms. The van der Waals surface area contributed by atoms with Crippen LogP contribution in [0, 0.1) is 28.6 Å². The highest BCUT2D eigenvalue weighted by molar-refractivity contribution is 9.10. The molecule has 1 N–H and O–H groups in total. The Morgan fingerprint density at radius 1 is 1.09 bits per heavy atom. The van der Waals surface area contributed by atoms with Crippen LogP contribution in [0.25, 0.3) is 0 Å². The van der Waals surface area contributed by atoms with E-state index in [0.717, 1.165) is 34.5 Å². The molecule has 3 saturated carbocycles. The molecule has 3 amide bonds. The van der Waals surface area contributed by atoms with Gasteiger partial charge in [0.1, 0.15) is 0 Å². The van der Waals surface area contributed by atoms with Crippen molar-refractivity contribution in [3.63, 3.8) is 0 Å². The lowest BCUT2D eigenvalue weighted by Gasteiger charge is -2.59. The molecule has 1 heterocycles. The lowest BCUT2D eigenvalue weighted by molar-refractivity contribution is -0.134. The Bertz CT molecular complexity index is 1040. The second kappa shape index (κ2) is 8.21. The highest BCUT2D eigenvalue weighted by atomic mass is 79.9. The summed E-state index contributed by atoms with van der Waals surface area (Å²) in [5.74, 6) is 1.86. The monoisotopic (exact) mass is 526 g/mol. The van der Waals surface area contributed by atoms with Gasteiger partial charge in [-0.3, -0.25) is 9.69 Å². The van der Waals surface area contributed by atoms with Crippen molar-refractivity contribution >= 4 is 33.6 Å². The van der Waals surface area contributed by atoms with Gasteiger partial charge in [0.05, 0.1) is 6.04 Å². The summed E-state index contributed by atoms with van der Waals surface area (Å²) < 4.78 is 0.910. The maximum absolute atomic E-state index is 13.7. The smallest absolute Gasteiger partial charge is 0.307 e. The molecule has 184 valence electrons. The zero-order chi connectivity index (χ0) is 24.5. The molecule has 0 aromatic heterocycles. The van der Waals surface area contributed by atoms with Crippen LogP contribution in [0.5, 0.6) is 0 Å². The quantitative estimate of drug-likeness (QED) is 0.407. The van der Waals surface area contributed by atoms with Crippen LogP contribution in [0.1, 0.15) is 85.1 Å². The minimum atomic E-state index is -0.297. The number of nitrogens with one attached hydrogen (secondary N) is 1. The summed E-state index contributed by atoms with van der Waals surface area (Å²) in [6, 6.07) is 5.62. The van der Waals surface area contributed by atoms with Crippen molar-refractivity contribution in [2.45, 2.75) is 91.0 Å². The van der Waals surface area contributed by atoms with E-state index >= 15 is 0 Å². The molecule has 4 nitrogen and oxygen atoms in total. The van der Waals surface area contributed by atoms with Gasteiger partial charge in [-0.1, -0.05) is 69.1 Å². The Balaban J connectivity index is 1.44. The first-order chi connectivity index (χ1) is 15.9. The molecule has 4 aliphatic rings. The van der Waals surface area contributed by atoms with Crippen molar-refractivity contribution in [2.24, 2.45) is 28.6 Å². The molecule has 0 spiro atoms. The van der Waals surface area contributed by atoms with Crippen LogP contribution in [-0.4, -0.2) is 22.9 Å². The van der Waals surface area contributed by atoms with Gasteiger partial charge >= 0.3 is 6.03 Å². The molecular formula is C29H39BrN2O2. The fraction of sp³-hybridized carbons (Fsp3) is 0.655. The standard InChI is InChI=1S/C29H39BrN2O2/c1-27(2,3)22-10-8-18(30)17-23(22)31-26(34)32-24-11-9-19-20-7-6-14-28(20,4)15-12-21(19)29(24,5)16-13-25(32)33/h8,10,13,16-17,19-21,24H,6-7,9,11-12,14-15H2,1-5H3,(H,31,34)/t19-,20-,21-,24+,28-,29+/m0/s1. The number of carbonyl (C=O) groups excluding carboxylic acids is 2. The van der Waals surface area contributed by atoms with Gasteiger partial charge in [0.15, 0.2) is 0 Å². The highest BCUT2D eigenvalue weighted by Gasteiger charge is 2.59. The highest BCUT2D eigenvalue weighted by Crippen LogP contribution is 2.64. The summed E-state index contributed by atoms with van der Waals surface area (Å²) in [7, 11) is 0. The first kappa shape index (κ1) is 24.1. The molecule has 3 fully saturated rings. The summed E-state index contributed by atoms with van der Waals surface area (Å²) in [6.07, 6.45) is 12.4. The Hall–Kier alpha value is -1.62. The predicted molar refractivity (Wildman–Crippen MR) is 141 cm³/mol. The van der Waals surface area contributed by atoms with Crippen molar-refractivity contribution in [2.75, 3.05) is 5.32 Å². The summed E-state index contributed by atoms with van der Waals surface area (Å²) >= 11 is 3.55. The number of carbonyl (C=O) groups is 2. The third-order valence-electron chi connectivity index (χ3n) is 9.89. The molecule has 34 heavy (non-hydrogen) atoms. The van der Waals surface area contributed by atoms with E-state index in [2.05, 4.69) is 61.9 Å². The summed E-state index contributed by atoms with van der Waals surface area (Å²) in [5, 5.41) is 3.13. The van der Waals surface area contributed by atoms with Crippen LogP contribution < -0.4 is 5.32 Å². The zero-order valence-corrected chi connectivity index (χ0v) is 22.9. The number of urea groups is 1. The van der Waals surface area contributed by atoms with Crippen molar-refractivity contribution in [1.82, 2.24) is 4.90 Å². The van der Waals surface area contributed by atoms with E-state index in [0.29, 0.717) is 17.3 Å². The first-order valence-electron chi connectivity index (χ1n) is 13.1. The van der Waals surface area contributed by atoms with E-state index in [1.54, 1.807) is 11.0 Å². The van der Waals surface area contributed by atoms with Gasteiger partial charge in [-0.05, 0) is 84.8 Å². The molecule has 5 rings (SSSR count). The normalized spacial score (nSPS) is 37.1. The topological polar surface area (TPSA) is 49.4 Å². The number of fused-ring (bicyclic) bond motifs is 5. The minimum absolute atomic E-state index is 0.0813. The van der Waals surface area contributed by atoms with Gasteiger partial charge in [-0.15, -0.1) is 0 Å². The Labute approximate surface area is 213 Å². The van der Waals surface area contributed by atoms with Crippen molar-refractivity contribution in [3.8, 4) is 0 Å². The van der Waals surface area contributed by atoms with Crippen LogP contribution in [0.15, 0.2) is 34.8 Å². The van der Waals surface area contributed by atoms with Crippen LogP contribution in [0.4, 0.5) is 10.5 Å². The number of imide groups is 1.